The minimum atomic E-state index is -0.709. The van der Waals surface area contributed by atoms with Gasteiger partial charge in [-0.2, -0.15) is 0 Å². The Hall–Kier alpha value is -1.07. The van der Waals surface area contributed by atoms with Crippen LogP contribution in [0.2, 0.25) is 5.02 Å². The van der Waals surface area contributed by atoms with Crippen molar-refractivity contribution in [3.8, 4) is 0 Å². The number of nitrogens with one attached hydrogen (secondary N) is 1. The number of carboxylic acid groups (broad SMARTS) is 1. The summed E-state index contributed by atoms with van der Waals surface area (Å²) in [7, 11) is 0. The van der Waals surface area contributed by atoms with Gasteiger partial charge in [0.05, 0.1) is 16.5 Å². The van der Waals surface area contributed by atoms with Gasteiger partial charge in [0.15, 0.2) is 0 Å². The fraction of sp³-hybridized carbons (Fsp3) is 0.467. The van der Waals surface area contributed by atoms with Crippen molar-refractivity contribution in [3.63, 3.8) is 0 Å². The Morgan fingerprint density at radius 3 is 2.52 bits per heavy atom. The molecule has 1 amide bonds. The number of rotatable bonds is 4. The number of carboxylic acids is 1. The monoisotopic (exact) mass is 373 g/mol. The maximum atomic E-state index is 12.1. The summed E-state index contributed by atoms with van der Waals surface area (Å²) in [6.45, 7) is 0.567. The lowest BCUT2D eigenvalue weighted by Gasteiger charge is -2.26. The Kier molecular flexibility index (Phi) is 5.65. The van der Waals surface area contributed by atoms with Crippen molar-refractivity contribution >= 4 is 39.4 Å². The summed E-state index contributed by atoms with van der Waals surface area (Å²) in [6.07, 6.45) is 3.06. The van der Waals surface area contributed by atoms with Crippen LogP contribution in [0.25, 0.3) is 0 Å². The summed E-state index contributed by atoms with van der Waals surface area (Å²) >= 11 is 9.34. The largest absolute Gasteiger partial charge is 0.481 e. The third-order valence-electron chi connectivity index (χ3n) is 3.92. The second-order valence-electron chi connectivity index (χ2n) is 5.39. The third-order valence-corrected chi connectivity index (χ3v) is 4.73. The van der Waals surface area contributed by atoms with E-state index in [0.29, 0.717) is 35.9 Å². The van der Waals surface area contributed by atoms with Crippen LogP contribution in [0.5, 0.6) is 0 Å². The molecule has 0 heterocycles. The van der Waals surface area contributed by atoms with Gasteiger partial charge >= 0.3 is 5.97 Å². The molecule has 21 heavy (non-hydrogen) atoms. The number of halogens is 2. The van der Waals surface area contributed by atoms with E-state index in [1.807, 2.05) is 0 Å². The van der Waals surface area contributed by atoms with Gasteiger partial charge in [0.1, 0.15) is 0 Å². The molecule has 0 aromatic heterocycles. The average molecular weight is 375 g/mol. The van der Waals surface area contributed by atoms with E-state index < -0.39 is 5.97 Å². The number of benzene rings is 1. The van der Waals surface area contributed by atoms with Gasteiger partial charge in [0.25, 0.3) is 5.91 Å². The van der Waals surface area contributed by atoms with Crippen molar-refractivity contribution in [1.29, 1.82) is 0 Å². The van der Waals surface area contributed by atoms with Gasteiger partial charge in [0.2, 0.25) is 0 Å². The quantitative estimate of drug-likeness (QED) is 0.844. The molecule has 0 aliphatic heterocycles. The smallest absolute Gasteiger partial charge is 0.306 e. The molecule has 4 nitrogen and oxygen atoms in total. The Morgan fingerprint density at radius 1 is 1.29 bits per heavy atom. The van der Waals surface area contributed by atoms with Crippen LogP contribution in [-0.4, -0.2) is 23.5 Å². The van der Waals surface area contributed by atoms with Gasteiger partial charge in [0, 0.05) is 11.0 Å². The zero-order valence-corrected chi connectivity index (χ0v) is 13.8. The molecule has 6 heteroatoms. The summed E-state index contributed by atoms with van der Waals surface area (Å²) in [6, 6.07) is 5.15. The molecule has 0 radical (unpaired) electrons. The van der Waals surface area contributed by atoms with Gasteiger partial charge in [-0.05, 0) is 49.8 Å². The van der Waals surface area contributed by atoms with Crippen LogP contribution < -0.4 is 5.32 Å². The number of hydrogen-bond donors (Lipinski definition) is 2. The van der Waals surface area contributed by atoms with Crippen molar-refractivity contribution in [1.82, 2.24) is 5.32 Å². The van der Waals surface area contributed by atoms with E-state index >= 15 is 0 Å². The molecule has 0 bridgehead atoms. The van der Waals surface area contributed by atoms with Gasteiger partial charge in [-0.15, -0.1) is 0 Å². The lowest BCUT2D eigenvalue weighted by molar-refractivity contribution is -0.143. The molecular formula is C15H17BrClNO3. The van der Waals surface area contributed by atoms with E-state index in [-0.39, 0.29) is 11.8 Å². The summed E-state index contributed by atoms with van der Waals surface area (Å²) in [5.41, 5.74) is 0.457. The molecule has 2 rings (SSSR count). The molecule has 114 valence electrons. The predicted octanol–water partition coefficient (Wildman–Crippen LogP) is 3.72. The molecule has 0 saturated heterocycles. The van der Waals surface area contributed by atoms with Crippen LogP contribution in [-0.2, 0) is 4.79 Å². The maximum absolute atomic E-state index is 12.1. The topological polar surface area (TPSA) is 66.4 Å². The standard InChI is InChI=1S/C15H17BrClNO3/c16-11-5-6-12(13(17)7-11)14(19)18-8-9-1-3-10(4-2-9)15(20)21/h5-7,9-10H,1-4,8H2,(H,18,19)(H,20,21). The van der Waals surface area contributed by atoms with Crippen molar-refractivity contribution < 1.29 is 14.7 Å². The van der Waals surface area contributed by atoms with Crippen molar-refractivity contribution in [2.24, 2.45) is 11.8 Å². The van der Waals surface area contributed by atoms with Crippen molar-refractivity contribution in [3.05, 3.63) is 33.3 Å². The number of hydrogen-bond acceptors (Lipinski definition) is 2. The molecule has 0 spiro atoms. The first-order valence-electron chi connectivity index (χ1n) is 6.93. The summed E-state index contributed by atoms with van der Waals surface area (Å²) in [4.78, 5) is 23.0. The average Bonchev–Trinajstić information content (AvgIpc) is 2.45. The maximum Gasteiger partial charge on any atom is 0.306 e. The van der Waals surface area contributed by atoms with E-state index in [9.17, 15) is 9.59 Å². The van der Waals surface area contributed by atoms with Crippen molar-refractivity contribution in [2.75, 3.05) is 6.54 Å². The van der Waals surface area contributed by atoms with E-state index in [1.165, 1.54) is 0 Å². The predicted molar refractivity (Wildman–Crippen MR) is 84.6 cm³/mol. The normalized spacial score (nSPS) is 21.8. The van der Waals surface area contributed by atoms with Crippen molar-refractivity contribution in [2.45, 2.75) is 25.7 Å². The fourth-order valence-electron chi connectivity index (χ4n) is 2.62. The first-order valence-corrected chi connectivity index (χ1v) is 8.10. The first-order chi connectivity index (χ1) is 9.97. The molecule has 1 aliphatic carbocycles. The molecule has 1 aromatic carbocycles. The summed E-state index contributed by atoms with van der Waals surface area (Å²) < 4.78 is 0.830. The highest BCUT2D eigenvalue weighted by Crippen LogP contribution is 2.28. The molecule has 1 aliphatic rings. The van der Waals surface area contributed by atoms with Crippen LogP contribution in [0.3, 0.4) is 0 Å². The lowest BCUT2D eigenvalue weighted by atomic mass is 9.82. The minimum Gasteiger partial charge on any atom is -0.481 e. The van der Waals surface area contributed by atoms with Gasteiger partial charge in [-0.1, -0.05) is 27.5 Å². The van der Waals surface area contributed by atoms with E-state index in [4.69, 9.17) is 16.7 Å². The van der Waals surface area contributed by atoms with E-state index in [0.717, 1.165) is 17.3 Å². The summed E-state index contributed by atoms with van der Waals surface area (Å²) in [5.74, 6) is -0.774. The zero-order chi connectivity index (χ0) is 15.4. The molecule has 1 saturated carbocycles. The van der Waals surface area contributed by atoms with Crippen LogP contribution in [0.4, 0.5) is 0 Å². The summed E-state index contributed by atoms with van der Waals surface area (Å²) in [5, 5.41) is 12.3. The molecule has 1 aromatic rings. The van der Waals surface area contributed by atoms with E-state index in [2.05, 4.69) is 21.2 Å². The second kappa shape index (κ2) is 7.27. The molecule has 0 unspecified atom stereocenters. The van der Waals surface area contributed by atoms with Gasteiger partial charge in [-0.3, -0.25) is 9.59 Å². The fourth-order valence-corrected chi connectivity index (χ4v) is 3.38. The Balaban J connectivity index is 1.83. The minimum absolute atomic E-state index is 0.187. The highest BCUT2D eigenvalue weighted by atomic mass is 79.9. The third kappa shape index (κ3) is 4.45. The highest BCUT2D eigenvalue weighted by Gasteiger charge is 2.26. The van der Waals surface area contributed by atoms with Crippen LogP contribution >= 0.6 is 27.5 Å². The lowest BCUT2D eigenvalue weighted by Crippen LogP contribution is -2.32. The molecule has 2 N–H and O–H groups in total. The Morgan fingerprint density at radius 2 is 1.95 bits per heavy atom. The Labute approximate surface area is 137 Å². The second-order valence-corrected chi connectivity index (χ2v) is 6.71. The molecular weight excluding hydrogens is 358 g/mol. The first kappa shape index (κ1) is 16.3. The number of amides is 1. The number of carbonyl (C=O) groups is 2. The Bertz CT molecular complexity index is 542. The molecule has 0 atom stereocenters. The van der Waals surface area contributed by atoms with Crippen LogP contribution in [0.1, 0.15) is 36.0 Å². The SMILES string of the molecule is O=C(NCC1CCC(C(=O)O)CC1)c1ccc(Br)cc1Cl. The van der Waals surface area contributed by atoms with Crippen LogP contribution in [0.15, 0.2) is 22.7 Å². The van der Waals surface area contributed by atoms with E-state index in [1.54, 1.807) is 18.2 Å². The van der Waals surface area contributed by atoms with Gasteiger partial charge < -0.3 is 10.4 Å². The highest BCUT2D eigenvalue weighted by molar-refractivity contribution is 9.10. The number of aliphatic carboxylic acids is 1. The number of carbonyl (C=O) groups excluding carboxylic acids is 1. The zero-order valence-electron chi connectivity index (χ0n) is 11.4. The molecule has 1 fully saturated rings. The van der Waals surface area contributed by atoms with Gasteiger partial charge in [-0.25, -0.2) is 0 Å². The van der Waals surface area contributed by atoms with Crippen LogP contribution in [0, 0.1) is 11.8 Å².